The van der Waals surface area contributed by atoms with Gasteiger partial charge in [0.05, 0.1) is 25.5 Å². The third-order valence-electron chi connectivity index (χ3n) is 4.59. The van der Waals surface area contributed by atoms with Gasteiger partial charge in [-0.1, -0.05) is 6.07 Å². The van der Waals surface area contributed by atoms with Crippen molar-refractivity contribution in [3.8, 4) is 11.5 Å². The van der Waals surface area contributed by atoms with Crippen LogP contribution in [0.15, 0.2) is 30.5 Å². The lowest BCUT2D eigenvalue weighted by Crippen LogP contribution is -2.14. The quantitative estimate of drug-likeness (QED) is 0.748. The van der Waals surface area contributed by atoms with Gasteiger partial charge in [0.25, 0.3) is 0 Å². The molecule has 0 unspecified atom stereocenters. The van der Waals surface area contributed by atoms with Crippen molar-refractivity contribution in [3.63, 3.8) is 0 Å². The lowest BCUT2D eigenvalue weighted by molar-refractivity contribution is 0.150. The Balaban J connectivity index is 1.63. The highest BCUT2D eigenvalue weighted by atomic mass is 16.6. The highest BCUT2D eigenvalue weighted by molar-refractivity contribution is 5.69. The first-order valence-electron chi connectivity index (χ1n) is 9.25. The van der Waals surface area contributed by atoms with E-state index in [1.807, 2.05) is 18.2 Å². The van der Waals surface area contributed by atoms with Gasteiger partial charge in [0.15, 0.2) is 11.5 Å². The molecule has 0 saturated heterocycles. The minimum atomic E-state index is -0.449. The summed E-state index contributed by atoms with van der Waals surface area (Å²) in [6.45, 7) is 2.11. The minimum Gasteiger partial charge on any atom is -0.493 e. The zero-order valence-electron chi connectivity index (χ0n) is 15.4. The van der Waals surface area contributed by atoms with E-state index < -0.39 is 6.09 Å². The summed E-state index contributed by atoms with van der Waals surface area (Å²) in [5.74, 6) is 1.58. The van der Waals surface area contributed by atoms with Crippen molar-refractivity contribution in [1.29, 1.82) is 0 Å². The smallest absolute Gasteiger partial charge is 0.434 e. The maximum atomic E-state index is 11.7. The maximum Gasteiger partial charge on any atom is 0.434 e. The van der Waals surface area contributed by atoms with Crippen LogP contribution in [0.25, 0.3) is 0 Å². The predicted molar refractivity (Wildman–Crippen MR) is 97.9 cm³/mol. The molecule has 6 nitrogen and oxygen atoms in total. The summed E-state index contributed by atoms with van der Waals surface area (Å²) in [6.07, 6.45) is 7.71. The molecule has 2 aromatic rings. The molecule has 1 aromatic heterocycles. The van der Waals surface area contributed by atoms with E-state index in [0.29, 0.717) is 12.7 Å². The van der Waals surface area contributed by atoms with Gasteiger partial charge >= 0.3 is 6.09 Å². The SMILES string of the molecule is CCOC(=O)n1ccc(CCc2ccc(OC)c(OC3CCCC3)c2)n1. The number of benzene rings is 1. The number of aryl methyl sites for hydroxylation is 2. The number of hydrogen-bond donors (Lipinski definition) is 0. The Morgan fingerprint density at radius 2 is 2.00 bits per heavy atom. The van der Waals surface area contributed by atoms with E-state index in [4.69, 9.17) is 14.2 Å². The number of aromatic nitrogens is 2. The Bertz CT molecular complexity index is 735. The minimum absolute atomic E-state index is 0.291. The van der Waals surface area contributed by atoms with Gasteiger partial charge in [-0.25, -0.2) is 4.79 Å². The summed E-state index contributed by atoms with van der Waals surface area (Å²) in [7, 11) is 1.67. The lowest BCUT2D eigenvalue weighted by Gasteiger charge is -2.16. The molecule has 1 aliphatic rings. The third-order valence-corrected chi connectivity index (χ3v) is 4.59. The number of hydrogen-bond acceptors (Lipinski definition) is 5. The topological polar surface area (TPSA) is 62.6 Å². The van der Waals surface area contributed by atoms with Crippen LogP contribution in [0, 0.1) is 0 Å². The average Bonchev–Trinajstić information content (AvgIpc) is 3.32. The fourth-order valence-electron chi connectivity index (χ4n) is 3.21. The molecule has 1 saturated carbocycles. The highest BCUT2D eigenvalue weighted by Crippen LogP contribution is 2.32. The Labute approximate surface area is 154 Å². The van der Waals surface area contributed by atoms with Gasteiger partial charge < -0.3 is 14.2 Å². The Morgan fingerprint density at radius 1 is 1.19 bits per heavy atom. The van der Waals surface area contributed by atoms with Crippen LogP contribution in [0.4, 0.5) is 4.79 Å². The second-order valence-electron chi connectivity index (χ2n) is 6.46. The zero-order chi connectivity index (χ0) is 18.4. The average molecular weight is 358 g/mol. The van der Waals surface area contributed by atoms with Gasteiger partial charge in [0, 0.05) is 6.20 Å². The van der Waals surface area contributed by atoms with Crippen molar-refractivity contribution >= 4 is 6.09 Å². The molecule has 3 rings (SSSR count). The van der Waals surface area contributed by atoms with Gasteiger partial charge in [-0.05, 0) is 69.2 Å². The Morgan fingerprint density at radius 3 is 2.73 bits per heavy atom. The summed E-state index contributed by atoms with van der Waals surface area (Å²) >= 11 is 0. The number of carbonyl (C=O) groups excluding carboxylic acids is 1. The van der Waals surface area contributed by atoms with E-state index in [2.05, 4.69) is 11.2 Å². The second-order valence-corrected chi connectivity index (χ2v) is 6.46. The van der Waals surface area contributed by atoms with Crippen molar-refractivity contribution in [3.05, 3.63) is 41.7 Å². The molecular weight excluding hydrogens is 332 g/mol. The van der Waals surface area contributed by atoms with Gasteiger partial charge in [0.1, 0.15) is 0 Å². The summed E-state index contributed by atoms with van der Waals surface area (Å²) in [5, 5.41) is 4.27. The van der Waals surface area contributed by atoms with Crippen LogP contribution < -0.4 is 9.47 Å². The summed E-state index contributed by atoms with van der Waals surface area (Å²) in [4.78, 5) is 11.7. The van der Waals surface area contributed by atoms with Crippen LogP contribution in [-0.4, -0.2) is 35.7 Å². The van der Waals surface area contributed by atoms with E-state index in [9.17, 15) is 4.79 Å². The van der Waals surface area contributed by atoms with Crippen molar-refractivity contribution in [1.82, 2.24) is 9.78 Å². The molecule has 0 atom stereocenters. The van der Waals surface area contributed by atoms with Crippen LogP contribution in [0.2, 0.25) is 0 Å². The van der Waals surface area contributed by atoms with E-state index in [1.165, 1.54) is 17.5 Å². The predicted octanol–water partition coefficient (Wildman–Crippen LogP) is 4.00. The van der Waals surface area contributed by atoms with E-state index >= 15 is 0 Å². The fourth-order valence-corrected chi connectivity index (χ4v) is 3.21. The van der Waals surface area contributed by atoms with Crippen LogP contribution in [0.1, 0.15) is 43.9 Å². The molecule has 0 amide bonds. The molecule has 26 heavy (non-hydrogen) atoms. The molecular formula is C20H26N2O4. The van der Waals surface area contributed by atoms with Crippen molar-refractivity contribution in [2.45, 2.75) is 51.6 Å². The van der Waals surface area contributed by atoms with Crippen LogP contribution in [0.3, 0.4) is 0 Å². The van der Waals surface area contributed by atoms with E-state index in [1.54, 1.807) is 20.2 Å². The fraction of sp³-hybridized carbons (Fsp3) is 0.500. The van der Waals surface area contributed by atoms with Crippen LogP contribution in [-0.2, 0) is 17.6 Å². The summed E-state index contributed by atoms with van der Waals surface area (Å²) < 4.78 is 17.8. The molecule has 0 aliphatic heterocycles. The third kappa shape index (κ3) is 4.56. The molecule has 1 fully saturated rings. The molecule has 0 bridgehead atoms. The molecule has 0 spiro atoms. The summed E-state index contributed by atoms with van der Waals surface area (Å²) in [5.41, 5.74) is 2.01. The summed E-state index contributed by atoms with van der Waals surface area (Å²) in [6, 6.07) is 7.90. The number of ether oxygens (including phenoxy) is 3. The monoisotopic (exact) mass is 358 g/mol. The van der Waals surface area contributed by atoms with Gasteiger partial charge in [-0.15, -0.1) is 0 Å². The molecule has 6 heteroatoms. The van der Waals surface area contributed by atoms with Crippen LogP contribution in [0.5, 0.6) is 11.5 Å². The molecule has 1 aliphatic carbocycles. The molecule has 1 heterocycles. The molecule has 1 aromatic carbocycles. The van der Waals surface area contributed by atoms with Crippen LogP contribution >= 0.6 is 0 Å². The first kappa shape index (κ1) is 18.3. The maximum absolute atomic E-state index is 11.7. The van der Waals surface area contributed by atoms with Gasteiger partial charge in [-0.3, -0.25) is 0 Å². The number of methoxy groups -OCH3 is 1. The van der Waals surface area contributed by atoms with Crippen molar-refractivity contribution in [2.24, 2.45) is 0 Å². The number of rotatable bonds is 7. The van der Waals surface area contributed by atoms with Gasteiger partial charge in [-0.2, -0.15) is 9.78 Å². The number of carbonyl (C=O) groups is 1. The highest BCUT2D eigenvalue weighted by Gasteiger charge is 2.18. The second kappa shape index (κ2) is 8.74. The first-order valence-corrected chi connectivity index (χ1v) is 9.25. The Kier molecular flexibility index (Phi) is 6.15. The first-order chi connectivity index (χ1) is 12.7. The van der Waals surface area contributed by atoms with Crippen molar-refractivity contribution < 1.29 is 19.0 Å². The molecule has 140 valence electrons. The molecule has 0 N–H and O–H groups in total. The zero-order valence-corrected chi connectivity index (χ0v) is 15.4. The van der Waals surface area contributed by atoms with E-state index in [0.717, 1.165) is 48.4 Å². The lowest BCUT2D eigenvalue weighted by atomic mass is 10.1. The normalized spacial score (nSPS) is 14.4. The molecule has 0 radical (unpaired) electrons. The van der Waals surface area contributed by atoms with E-state index in [-0.39, 0.29) is 0 Å². The standard InChI is InChI=1S/C20H26N2O4/c1-3-25-20(23)22-13-12-16(21-22)10-8-15-9-11-18(24-2)19(14-15)26-17-6-4-5-7-17/h9,11-14,17H,3-8,10H2,1-2H3. The van der Waals surface area contributed by atoms with Gasteiger partial charge in [0.2, 0.25) is 0 Å². The Hall–Kier alpha value is -2.50. The number of nitrogens with zero attached hydrogens (tertiary/aromatic N) is 2. The largest absolute Gasteiger partial charge is 0.493 e. The van der Waals surface area contributed by atoms with Crippen molar-refractivity contribution in [2.75, 3.05) is 13.7 Å².